The lowest BCUT2D eigenvalue weighted by molar-refractivity contribution is 0.320. The molecule has 0 bridgehead atoms. The molecule has 39 heavy (non-hydrogen) atoms. The normalized spacial score (nSPS) is 14.4. The van der Waals surface area contributed by atoms with E-state index in [1.165, 1.54) is 24.3 Å². The van der Waals surface area contributed by atoms with Crippen molar-refractivity contribution in [1.29, 1.82) is 0 Å². The van der Waals surface area contributed by atoms with Crippen LogP contribution in [0.5, 0.6) is 0 Å². The fraction of sp³-hybridized carbons (Fsp3) is 0.138. The maximum absolute atomic E-state index is 13.2. The molecule has 0 aliphatic heterocycles. The van der Waals surface area contributed by atoms with Gasteiger partial charge in [0, 0.05) is 23.2 Å². The highest BCUT2D eigenvalue weighted by atomic mass is 32.2. The molecule has 0 fully saturated rings. The van der Waals surface area contributed by atoms with Gasteiger partial charge in [-0.1, -0.05) is 78.0 Å². The highest BCUT2D eigenvalue weighted by Crippen LogP contribution is 2.39. The van der Waals surface area contributed by atoms with Crippen molar-refractivity contribution < 1.29 is 22.0 Å². The van der Waals surface area contributed by atoms with Crippen molar-refractivity contribution in [2.24, 2.45) is 5.16 Å². The minimum atomic E-state index is -3.91. The smallest absolute Gasteiger partial charge is 0.241 e. The molecule has 200 valence electrons. The Morgan fingerprint density at radius 1 is 0.590 bits per heavy atom. The van der Waals surface area contributed by atoms with Gasteiger partial charge in [0.1, 0.15) is 5.71 Å². The van der Waals surface area contributed by atoms with E-state index in [4.69, 9.17) is 0 Å². The Balaban J connectivity index is 1.44. The van der Waals surface area contributed by atoms with Crippen LogP contribution in [-0.2, 0) is 20.0 Å². The highest BCUT2D eigenvalue weighted by molar-refractivity contribution is 7.89. The number of sulfonamides is 2. The topological polar surface area (TPSA) is 125 Å². The summed E-state index contributed by atoms with van der Waals surface area (Å²) < 4.78 is 58.1. The van der Waals surface area contributed by atoms with E-state index < -0.39 is 32.1 Å². The summed E-state index contributed by atoms with van der Waals surface area (Å²) in [4.78, 5) is 0.00775. The third kappa shape index (κ3) is 5.24. The molecule has 4 aromatic carbocycles. The molecule has 1 aliphatic carbocycles. The lowest BCUT2D eigenvalue weighted by atomic mass is 10.1. The molecule has 0 amide bonds. The third-order valence-electron chi connectivity index (χ3n) is 6.77. The van der Waals surface area contributed by atoms with Crippen molar-refractivity contribution in [3.8, 4) is 11.1 Å². The number of hydrogen-bond acceptors (Lipinski definition) is 6. The van der Waals surface area contributed by atoms with Gasteiger partial charge >= 0.3 is 0 Å². The van der Waals surface area contributed by atoms with Gasteiger partial charge in [-0.2, -0.15) is 0 Å². The van der Waals surface area contributed by atoms with Gasteiger partial charge in [0.15, 0.2) is 0 Å². The van der Waals surface area contributed by atoms with Gasteiger partial charge in [-0.3, -0.25) is 0 Å². The summed E-state index contributed by atoms with van der Waals surface area (Å²) in [6.45, 7) is 3.51. The summed E-state index contributed by atoms with van der Waals surface area (Å²) in [5.41, 5.74) is 3.80. The van der Waals surface area contributed by atoms with Crippen LogP contribution in [0.25, 0.3) is 11.1 Å². The fourth-order valence-electron chi connectivity index (χ4n) is 4.72. The van der Waals surface area contributed by atoms with Crippen LogP contribution >= 0.6 is 0 Å². The average Bonchev–Trinajstić information content (AvgIpc) is 3.25. The van der Waals surface area contributed by atoms with E-state index in [1.54, 1.807) is 26.0 Å². The van der Waals surface area contributed by atoms with Crippen molar-refractivity contribution in [1.82, 2.24) is 9.44 Å². The van der Waals surface area contributed by atoms with Gasteiger partial charge < -0.3 is 5.21 Å². The number of rotatable bonds is 8. The van der Waals surface area contributed by atoms with Gasteiger partial charge in [-0.25, -0.2) is 26.3 Å². The molecule has 0 spiro atoms. The van der Waals surface area contributed by atoms with Crippen LogP contribution in [0.3, 0.4) is 0 Å². The monoisotopic (exact) mass is 561 g/mol. The lowest BCUT2D eigenvalue weighted by Gasteiger charge is -2.15. The third-order valence-corrected chi connectivity index (χ3v) is 9.84. The first-order valence-electron chi connectivity index (χ1n) is 12.3. The SMILES string of the molecule is CC(NS(=O)(=O)c1ccc2c(c1)C(=NO)c1cc(S(=O)(=O)NC(C)c3ccccc3)ccc1-2)c1ccccc1. The van der Waals surface area contributed by atoms with Crippen LogP contribution in [0.1, 0.15) is 48.2 Å². The molecule has 1 aliphatic rings. The van der Waals surface area contributed by atoms with Crippen LogP contribution in [0.4, 0.5) is 0 Å². The number of nitrogens with zero attached hydrogens (tertiary/aromatic N) is 1. The standard InChI is InChI=1S/C29H27N3O5S2/c1-19(21-9-5-3-6-10-21)31-38(34,35)23-13-15-25-26-16-14-24(18-28(26)29(30-33)27(25)17-23)39(36,37)32-20(2)22-11-7-4-8-12-22/h3-20,31-33H,1-2H3. The number of hydrogen-bond donors (Lipinski definition) is 3. The minimum Gasteiger partial charge on any atom is -0.410 e. The molecule has 8 nitrogen and oxygen atoms in total. The van der Waals surface area contributed by atoms with Crippen molar-refractivity contribution in [2.75, 3.05) is 0 Å². The van der Waals surface area contributed by atoms with Gasteiger partial charge in [0.25, 0.3) is 0 Å². The molecule has 2 unspecified atom stereocenters. The predicted molar refractivity (Wildman–Crippen MR) is 150 cm³/mol. The van der Waals surface area contributed by atoms with E-state index in [1.807, 2.05) is 60.7 Å². The molecule has 3 N–H and O–H groups in total. The summed E-state index contributed by atoms with van der Waals surface area (Å²) in [7, 11) is -7.82. The van der Waals surface area contributed by atoms with E-state index in [9.17, 15) is 22.0 Å². The number of oxime groups is 1. The molecule has 10 heteroatoms. The first-order valence-corrected chi connectivity index (χ1v) is 15.2. The maximum Gasteiger partial charge on any atom is 0.241 e. The molecule has 0 heterocycles. The lowest BCUT2D eigenvalue weighted by Crippen LogP contribution is -2.27. The number of benzene rings is 4. The van der Waals surface area contributed by atoms with E-state index in [0.29, 0.717) is 22.3 Å². The second-order valence-corrected chi connectivity index (χ2v) is 12.8. The number of fused-ring (bicyclic) bond motifs is 3. The molecule has 0 aromatic heterocycles. The summed E-state index contributed by atoms with van der Waals surface area (Å²) >= 11 is 0. The Bertz CT molecular complexity index is 1640. The quantitative estimate of drug-likeness (QED) is 0.182. The summed E-state index contributed by atoms with van der Waals surface area (Å²) in [6, 6.07) is 26.6. The molecule has 0 saturated heterocycles. The predicted octanol–water partition coefficient (Wildman–Crippen LogP) is 4.97. The van der Waals surface area contributed by atoms with Crippen molar-refractivity contribution >= 4 is 25.8 Å². The molecule has 0 saturated carbocycles. The first-order chi connectivity index (χ1) is 18.6. The van der Waals surface area contributed by atoms with Crippen LogP contribution in [-0.4, -0.2) is 27.8 Å². The van der Waals surface area contributed by atoms with Gasteiger partial charge in [-0.05, 0) is 60.4 Å². The second-order valence-electron chi connectivity index (χ2n) is 9.37. The zero-order valence-corrected chi connectivity index (χ0v) is 22.9. The Kier molecular flexibility index (Phi) is 7.13. The van der Waals surface area contributed by atoms with Crippen molar-refractivity contribution in [2.45, 2.75) is 35.7 Å². The van der Waals surface area contributed by atoms with Gasteiger partial charge in [-0.15, -0.1) is 0 Å². The molecule has 0 radical (unpaired) electrons. The molecule has 2 atom stereocenters. The van der Waals surface area contributed by atoms with Crippen LogP contribution in [0.2, 0.25) is 0 Å². The van der Waals surface area contributed by atoms with Crippen LogP contribution in [0, 0.1) is 0 Å². The summed E-state index contributed by atoms with van der Waals surface area (Å²) in [6.07, 6.45) is 0. The second kappa shape index (κ2) is 10.4. The maximum atomic E-state index is 13.2. The molecule has 5 rings (SSSR count). The van der Waals surface area contributed by atoms with E-state index in [0.717, 1.165) is 11.1 Å². The zero-order chi connectivity index (χ0) is 27.8. The first kappa shape index (κ1) is 26.8. The van der Waals surface area contributed by atoms with Gasteiger partial charge in [0.2, 0.25) is 20.0 Å². The molecular formula is C29H27N3O5S2. The molecule has 4 aromatic rings. The molecular weight excluding hydrogens is 534 g/mol. The Morgan fingerprint density at radius 2 is 0.974 bits per heavy atom. The van der Waals surface area contributed by atoms with Crippen LogP contribution in [0.15, 0.2) is 112 Å². The Hall–Kier alpha value is -3.83. The Morgan fingerprint density at radius 3 is 1.33 bits per heavy atom. The Labute approximate surface area is 228 Å². The van der Waals surface area contributed by atoms with E-state index in [-0.39, 0.29) is 15.5 Å². The average molecular weight is 562 g/mol. The van der Waals surface area contributed by atoms with Crippen LogP contribution < -0.4 is 9.44 Å². The number of nitrogens with one attached hydrogen (secondary N) is 2. The van der Waals surface area contributed by atoms with Crippen molar-refractivity contribution in [3.63, 3.8) is 0 Å². The fourth-order valence-corrected chi connectivity index (χ4v) is 7.23. The van der Waals surface area contributed by atoms with E-state index in [2.05, 4.69) is 14.6 Å². The zero-order valence-electron chi connectivity index (χ0n) is 21.2. The van der Waals surface area contributed by atoms with Crippen molar-refractivity contribution in [3.05, 3.63) is 119 Å². The highest BCUT2D eigenvalue weighted by Gasteiger charge is 2.30. The van der Waals surface area contributed by atoms with Gasteiger partial charge in [0.05, 0.1) is 9.79 Å². The van der Waals surface area contributed by atoms with E-state index >= 15 is 0 Å². The summed E-state index contributed by atoms with van der Waals surface area (Å²) in [5.74, 6) is 0. The summed E-state index contributed by atoms with van der Waals surface area (Å²) in [5, 5.41) is 13.3. The largest absolute Gasteiger partial charge is 0.410 e. The minimum absolute atomic E-state index is 0.00387.